The van der Waals surface area contributed by atoms with E-state index in [0.717, 1.165) is 33.2 Å². The van der Waals surface area contributed by atoms with Gasteiger partial charge in [0, 0.05) is 17.9 Å². The number of hydrogen-bond acceptors (Lipinski definition) is 2. The van der Waals surface area contributed by atoms with Gasteiger partial charge in [-0.05, 0) is 34.4 Å². The zero-order valence-electron chi connectivity index (χ0n) is 15.2. The van der Waals surface area contributed by atoms with Crippen molar-refractivity contribution in [3.63, 3.8) is 0 Å². The van der Waals surface area contributed by atoms with Gasteiger partial charge in [0.2, 0.25) is 11.8 Å². The zero-order chi connectivity index (χ0) is 19.9. The largest absolute Gasteiger partial charge is 0.274 e. The Balaban J connectivity index is 1.57. The average molecular weight is 387 g/mol. The molecule has 142 valence electrons. The number of carbonyl (C=O) groups excluding carboxylic acids is 2. The third-order valence-electron chi connectivity index (χ3n) is 6.60. The van der Waals surface area contributed by atoms with Crippen molar-refractivity contribution in [2.75, 3.05) is 4.90 Å². The summed E-state index contributed by atoms with van der Waals surface area (Å²) in [5.41, 5.74) is 4.04. The topological polar surface area (TPSA) is 37.4 Å². The highest BCUT2D eigenvalue weighted by atomic mass is 19.1. The van der Waals surface area contributed by atoms with Gasteiger partial charge < -0.3 is 0 Å². The Bertz CT molecular complexity index is 1110. The minimum atomic E-state index is -0.910. The van der Waals surface area contributed by atoms with Gasteiger partial charge in [0.05, 0.1) is 17.5 Å². The predicted molar refractivity (Wildman–Crippen MR) is 102 cm³/mol. The van der Waals surface area contributed by atoms with Crippen LogP contribution in [0.25, 0.3) is 0 Å². The van der Waals surface area contributed by atoms with Gasteiger partial charge in [-0.1, -0.05) is 48.5 Å². The number of nitrogens with zero attached hydrogens (tertiary/aromatic N) is 1. The second kappa shape index (κ2) is 5.60. The lowest BCUT2D eigenvalue weighted by atomic mass is 9.55. The van der Waals surface area contributed by atoms with Crippen LogP contribution < -0.4 is 4.90 Å². The molecule has 3 nitrogen and oxygen atoms in total. The fraction of sp³-hybridized carbons (Fsp3) is 0.167. The van der Waals surface area contributed by atoms with Crippen LogP contribution in [0.1, 0.15) is 34.1 Å². The molecule has 2 amide bonds. The molecule has 1 heterocycles. The normalized spacial score (nSPS) is 26.3. The summed E-state index contributed by atoms with van der Waals surface area (Å²) in [5, 5.41) is 0. The number of carbonyl (C=O) groups is 2. The minimum absolute atomic E-state index is 0.177. The van der Waals surface area contributed by atoms with E-state index in [9.17, 15) is 18.4 Å². The highest BCUT2D eigenvalue weighted by molar-refractivity contribution is 6.23. The van der Waals surface area contributed by atoms with E-state index >= 15 is 0 Å². The molecule has 3 aromatic carbocycles. The Labute approximate surface area is 165 Å². The van der Waals surface area contributed by atoms with Crippen molar-refractivity contribution in [2.24, 2.45) is 11.8 Å². The van der Waals surface area contributed by atoms with Crippen molar-refractivity contribution in [2.45, 2.75) is 11.8 Å². The van der Waals surface area contributed by atoms with Crippen molar-refractivity contribution >= 4 is 17.5 Å². The molecule has 2 atom stereocenters. The first-order valence-corrected chi connectivity index (χ1v) is 9.58. The van der Waals surface area contributed by atoms with E-state index in [2.05, 4.69) is 0 Å². The van der Waals surface area contributed by atoms with Gasteiger partial charge in [0.15, 0.2) is 0 Å². The first kappa shape index (κ1) is 16.6. The van der Waals surface area contributed by atoms with Gasteiger partial charge in [-0.15, -0.1) is 0 Å². The van der Waals surface area contributed by atoms with E-state index < -0.39 is 35.3 Å². The molecule has 3 aliphatic carbocycles. The summed E-state index contributed by atoms with van der Waals surface area (Å²) in [4.78, 5) is 27.8. The number of benzene rings is 3. The molecule has 0 aromatic heterocycles. The van der Waals surface area contributed by atoms with E-state index in [1.807, 2.05) is 48.5 Å². The summed E-state index contributed by atoms with van der Waals surface area (Å²) in [7, 11) is 0. The minimum Gasteiger partial charge on any atom is -0.274 e. The number of anilines is 1. The van der Waals surface area contributed by atoms with E-state index in [1.54, 1.807) is 0 Å². The smallest absolute Gasteiger partial charge is 0.238 e. The van der Waals surface area contributed by atoms with Crippen LogP contribution in [0.2, 0.25) is 0 Å². The van der Waals surface area contributed by atoms with Crippen LogP contribution in [0.15, 0.2) is 66.7 Å². The van der Waals surface area contributed by atoms with Gasteiger partial charge >= 0.3 is 0 Å². The zero-order valence-corrected chi connectivity index (χ0v) is 15.2. The lowest BCUT2D eigenvalue weighted by molar-refractivity contribution is -0.122. The van der Waals surface area contributed by atoms with E-state index in [4.69, 9.17) is 0 Å². The van der Waals surface area contributed by atoms with Crippen molar-refractivity contribution in [3.8, 4) is 0 Å². The summed E-state index contributed by atoms with van der Waals surface area (Å²) in [5.74, 6) is -4.14. The maximum absolute atomic E-state index is 14.5. The van der Waals surface area contributed by atoms with E-state index in [1.165, 1.54) is 6.07 Å². The van der Waals surface area contributed by atoms with E-state index in [0.29, 0.717) is 6.07 Å². The fourth-order valence-corrected chi connectivity index (χ4v) is 5.58. The number of imide groups is 1. The molecule has 1 aliphatic heterocycles. The van der Waals surface area contributed by atoms with Crippen LogP contribution in [0, 0.1) is 23.5 Å². The number of hydrogen-bond donors (Lipinski definition) is 0. The number of rotatable bonds is 1. The summed E-state index contributed by atoms with van der Waals surface area (Å²) in [6, 6.07) is 18.7. The molecule has 5 heteroatoms. The summed E-state index contributed by atoms with van der Waals surface area (Å²) < 4.78 is 27.9. The van der Waals surface area contributed by atoms with Crippen LogP contribution in [-0.4, -0.2) is 11.8 Å². The molecule has 7 rings (SSSR count). The summed E-state index contributed by atoms with van der Waals surface area (Å²) in [6.45, 7) is 0. The van der Waals surface area contributed by atoms with Gasteiger partial charge in [-0.25, -0.2) is 13.7 Å². The Kier molecular flexibility index (Phi) is 3.20. The molecule has 0 spiro atoms. The third-order valence-corrected chi connectivity index (χ3v) is 6.60. The average Bonchev–Trinajstić information content (AvgIpc) is 2.99. The molecule has 1 saturated heterocycles. The van der Waals surface area contributed by atoms with Crippen LogP contribution in [0.5, 0.6) is 0 Å². The molecule has 3 aromatic rings. The van der Waals surface area contributed by atoms with Gasteiger partial charge in [-0.3, -0.25) is 9.59 Å². The van der Waals surface area contributed by atoms with Crippen LogP contribution in [0.4, 0.5) is 14.5 Å². The molecule has 1 fully saturated rings. The SMILES string of the molecule is O=C1[C@@H]2C3c4ccccc4C(c4ccccc43)[C@H]2C(=O)N1c1ccc(F)cc1F. The van der Waals surface area contributed by atoms with E-state index in [-0.39, 0.29) is 17.5 Å². The molecule has 4 aliphatic rings. The summed E-state index contributed by atoms with van der Waals surface area (Å²) >= 11 is 0. The fourth-order valence-electron chi connectivity index (χ4n) is 5.58. The number of halogens is 2. The lowest BCUT2D eigenvalue weighted by Crippen LogP contribution is -2.41. The maximum atomic E-state index is 14.5. The Hall–Kier alpha value is -3.34. The molecule has 29 heavy (non-hydrogen) atoms. The van der Waals surface area contributed by atoms with Gasteiger partial charge in [-0.2, -0.15) is 0 Å². The highest BCUT2D eigenvalue weighted by Gasteiger charge is 2.62. The standard InChI is InChI=1S/C24H15F2NO2/c25-12-9-10-18(17(26)11-12)27-23(28)21-19-13-5-1-2-6-14(13)20(22(21)24(27)29)16-8-4-3-7-15(16)19/h1-11,19-22H/t19?,20?,21-,22-/m1/s1. The molecule has 0 N–H and O–H groups in total. The molecule has 0 unspecified atom stereocenters. The highest BCUT2D eigenvalue weighted by Crippen LogP contribution is 2.61. The third kappa shape index (κ3) is 2.00. The van der Waals surface area contributed by atoms with Gasteiger partial charge in [0.25, 0.3) is 0 Å². The van der Waals surface area contributed by atoms with Gasteiger partial charge in [0.1, 0.15) is 11.6 Å². The van der Waals surface area contributed by atoms with Crippen LogP contribution in [0.3, 0.4) is 0 Å². The van der Waals surface area contributed by atoms with Crippen LogP contribution >= 0.6 is 0 Å². The Morgan fingerprint density at radius 2 is 1.10 bits per heavy atom. The molecule has 0 saturated carbocycles. The molecule has 0 radical (unpaired) electrons. The Morgan fingerprint density at radius 1 is 0.655 bits per heavy atom. The Morgan fingerprint density at radius 3 is 1.52 bits per heavy atom. The first-order chi connectivity index (χ1) is 14.1. The van der Waals surface area contributed by atoms with Crippen molar-refractivity contribution in [3.05, 3.63) is 101 Å². The molecular formula is C24H15F2NO2. The maximum Gasteiger partial charge on any atom is 0.238 e. The lowest BCUT2D eigenvalue weighted by Gasteiger charge is -2.45. The van der Waals surface area contributed by atoms with Crippen molar-refractivity contribution in [1.82, 2.24) is 0 Å². The molecule has 2 bridgehead atoms. The quantitative estimate of drug-likeness (QED) is 0.582. The van der Waals surface area contributed by atoms with Crippen molar-refractivity contribution in [1.29, 1.82) is 0 Å². The predicted octanol–water partition coefficient (Wildman–Crippen LogP) is 4.36. The second-order valence-electron chi connectivity index (χ2n) is 7.87. The molecular weight excluding hydrogens is 372 g/mol. The van der Waals surface area contributed by atoms with Crippen LogP contribution in [-0.2, 0) is 9.59 Å². The number of amides is 2. The summed E-state index contributed by atoms with van der Waals surface area (Å²) in [6.07, 6.45) is 0. The monoisotopic (exact) mass is 387 g/mol. The first-order valence-electron chi connectivity index (χ1n) is 9.58. The second-order valence-corrected chi connectivity index (χ2v) is 7.87. The van der Waals surface area contributed by atoms with Crippen molar-refractivity contribution < 1.29 is 18.4 Å².